The highest BCUT2D eigenvalue weighted by molar-refractivity contribution is 6.37. The Morgan fingerprint density at radius 3 is 2.39 bits per heavy atom. The number of fused-ring (bicyclic) bond motifs is 2. The fourth-order valence-corrected chi connectivity index (χ4v) is 5.17. The molecule has 2 aliphatic rings. The number of rotatable bonds is 3. The van der Waals surface area contributed by atoms with Crippen molar-refractivity contribution in [2.45, 2.75) is 57.9 Å². The average Bonchev–Trinajstić information content (AvgIpc) is 3.18. The van der Waals surface area contributed by atoms with E-state index >= 15 is 0 Å². The van der Waals surface area contributed by atoms with E-state index in [1.54, 1.807) is 18.3 Å². The number of ketones is 1. The van der Waals surface area contributed by atoms with Crippen LogP contribution >= 0.6 is 0 Å². The lowest BCUT2D eigenvalue weighted by molar-refractivity contribution is -0.141. The maximum atomic E-state index is 13.8. The molecule has 0 aliphatic heterocycles. The molecule has 0 spiro atoms. The van der Waals surface area contributed by atoms with Crippen LogP contribution in [-0.4, -0.2) is 22.2 Å². The van der Waals surface area contributed by atoms with Crippen molar-refractivity contribution in [1.29, 1.82) is 0 Å². The molecule has 1 aromatic carbocycles. The molecule has 2 unspecified atom stereocenters. The molecular formula is C23H27FN2O2. The van der Waals surface area contributed by atoms with Crippen molar-refractivity contribution >= 4 is 22.6 Å². The Morgan fingerprint density at radius 2 is 1.75 bits per heavy atom. The molecule has 4 nitrogen and oxygen atoms in total. The van der Waals surface area contributed by atoms with Crippen molar-refractivity contribution < 1.29 is 14.0 Å². The maximum Gasteiger partial charge on any atom is 0.288 e. The van der Waals surface area contributed by atoms with Crippen LogP contribution in [0.15, 0.2) is 30.5 Å². The Kier molecular flexibility index (Phi) is 4.72. The summed E-state index contributed by atoms with van der Waals surface area (Å²) in [7, 11) is 0. The molecule has 2 aliphatic carbocycles. The summed E-state index contributed by atoms with van der Waals surface area (Å²) in [5.74, 6) is 0.153. The molecule has 4 atom stereocenters. The predicted octanol–water partition coefficient (Wildman–Crippen LogP) is 4.38. The number of benzene rings is 1. The van der Waals surface area contributed by atoms with E-state index < -0.39 is 11.4 Å². The maximum absolute atomic E-state index is 13.8. The number of hydrogen-bond donors (Lipinski definition) is 1. The summed E-state index contributed by atoms with van der Waals surface area (Å²) in [4.78, 5) is 29.1. The molecular weight excluding hydrogens is 355 g/mol. The van der Waals surface area contributed by atoms with Crippen LogP contribution < -0.4 is 5.32 Å². The van der Waals surface area contributed by atoms with Gasteiger partial charge in [0, 0.05) is 23.0 Å². The number of hydrogen-bond acceptors (Lipinski definition) is 3. The minimum absolute atomic E-state index is 0.162. The van der Waals surface area contributed by atoms with Crippen molar-refractivity contribution in [3.05, 3.63) is 41.8 Å². The number of halogens is 1. The molecule has 28 heavy (non-hydrogen) atoms. The van der Waals surface area contributed by atoms with Crippen molar-refractivity contribution in [1.82, 2.24) is 10.3 Å². The summed E-state index contributed by atoms with van der Waals surface area (Å²) in [5.41, 5.74) is 1.58. The zero-order valence-corrected chi connectivity index (χ0v) is 16.7. The van der Waals surface area contributed by atoms with Crippen LogP contribution in [0.5, 0.6) is 0 Å². The van der Waals surface area contributed by atoms with E-state index in [0.29, 0.717) is 17.8 Å². The quantitative estimate of drug-likeness (QED) is 0.802. The molecule has 1 heterocycles. The van der Waals surface area contributed by atoms with E-state index in [9.17, 15) is 14.0 Å². The SMILES string of the molecule is CC(C)(C)NC(=O)C(=O)C1C[C@@H]2CC(c3ccnc4ccc(F)cc34)C[C@@H]2C1. The number of carbonyl (C=O) groups is 2. The van der Waals surface area contributed by atoms with Gasteiger partial charge in [-0.15, -0.1) is 0 Å². The first kappa shape index (κ1) is 19.0. The molecule has 1 amide bonds. The van der Waals surface area contributed by atoms with E-state index in [4.69, 9.17) is 0 Å². The van der Waals surface area contributed by atoms with Crippen molar-refractivity contribution in [2.24, 2.45) is 17.8 Å². The highest BCUT2D eigenvalue weighted by atomic mass is 19.1. The summed E-state index contributed by atoms with van der Waals surface area (Å²) in [6.07, 6.45) is 5.35. The van der Waals surface area contributed by atoms with Crippen LogP contribution in [0.1, 0.15) is 57.9 Å². The van der Waals surface area contributed by atoms with Crippen LogP contribution in [0.4, 0.5) is 4.39 Å². The first-order valence-corrected chi connectivity index (χ1v) is 10.1. The van der Waals surface area contributed by atoms with Gasteiger partial charge in [-0.1, -0.05) is 0 Å². The van der Waals surface area contributed by atoms with Gasteiger partial charge in [0.25, 0.3) is 5.91 Å². The van der Waals surface area contributed by atoms with E-state index in [-0.39, 0.29) is 17.5 Å². The Labute approximate surface area is 164 Å². The standard InChI is InChI=1S/C23H27FN2O2/c1-23(2,3)26-22(28)21(27)16-10-13-8-15(9-14(13)11-16)18-6-7-25-20-5-4-17(24)12-19(18)20/h4-7,12-16H,8-11H2,1-3H3,(H,26,28)/t13-,14+,15?,16?. The lowest BCUT2D eigenvalue weighted by Gasteiger charge is -2.21. The topological polar surface area (TPSA) is 59.1 Å². The minimum Gasteiger partial charge on any atom is -0.345 e. The summed E-state index contributed by atoms with van der Waals surface area (Å²) in [5, 5.41) is 3.68. The van der Waals surface area contributed by atoms with E-state index in [2.05, 4.69) is 10.3 Å². The fourth-order valence-electron chi connectivity index (χ4n) is 5.17. The number of nitrogens with one attached hydrogen (secondary N) is 1. The Hall–Kier alpha value is -2.30. The highest BCUT2D eigenvalue weighted by Crippen LogP contribution is 2.53. The number of nitrogens with zero attached hydrogens (tertiary/aromatic N) is 1. The second-order valence-electron chi connectivity index (χ2n) is 9.49. The molecule has 2 aromatic rings. The van der Waals surface area contributed by atoms with Gasteiger partial charge in [0.15, 0.2) is 0 Å². The van der Waals surface area contributed by atoms with Crippen LogP contribution in [0, 0.1) is 23.6 Å². The van der Waals surface area contributed by atoms with Crippen LogP contribution in [0.2, 0.25) is 0 Å². The second kappa shape index (κ2) is 6.94. The highest BCUT2D eigenvalue weighted by Gasteiger charge is 2.45. The third-order valence-corrected chi connectivity index (χ3v) is 6.28. The molecule has 0 saturated heterocycles. The van der Waals surface area contributed by atoms with Crippen molar-refractivity contribution in [3.8, 4) is 0 Å². The normalized spacial score (nSPS) is 27.0. The predicted molar refractivity (Wildman–Crippen MR) is 106 cm³/mol. The molecule has 1 aromatic heterocycles. The smallest absolute Gasteiger partial charge is 0.288 e. The van der Waals surface area contributed by atoms with E-state index in [0.717, 1.165) is 42.1 Å². The third-order valence-electron chi connectivity index (χ3n) is 6.28. The molecule has 2 saturated carbocycles. The first-order valence-electron chi connectivity index (χ1n) is 10.1. The van der Waals surface area contributed by atoms with Crippen LogP contribution in [0.3, 0.4) is 0 Å². The average molecular weight is 382 g/mol. The number of amides is 1. The summed E-state index contributed by atoms with van der Waals surface area (Å²) < 4.78 is 13.8. The van der Waals surface area contributed by atoms with Crippen molar-refractivity contribution in [2.75, 3.05) is 0 Å². The van der Waals surface area contributed by atoms with Crippen LogP contribution in [0.25, 0.3) is 10.9 Å². The Morgan fingerprint density at radius 1 is 1.07 bits per heavy atom. The molecule has 5 heteroatoms. The number of Topliss-reactive ketones (excluding diaryl/α,β-unsaturated/α-hetero) is 1. The van der Waals surface area contributed by atoms with Gasteiger partial charge in [0.2, 0.25) is 5.78 Å². The molecule has 2 fully saturated rings. The number of aromatic nitrogens is 1. The van der Waals surface area contributed by atoms with Gasteiger partial charge < -0.3 is 5.32 Å². The van der Waals surface area contributed by atoms with Gasteiger partial charge >= 0.3 is 0 Å². The van der Waals surface area contributed by atoms with Gasteiger partial charge in [0.1, 0.15) is 5.82 Å². The third kappa shape index (κ3) is 3.67. The number of pyridine rings is 1. The summed E-state index contributed by atoms with van der Waals surface area (Å²) >= 11 is 0. The number of carbonyl (C=O) groups excluding carboxylic acids is 2. The molecule has 1 N–H and O–H groups in total. The summed E-state index contributed by atoms with van der Waals surface area (Å²) in [6.45, 7) is 5.65. The van der Waals surface area contributed by atoms with Gasteiger partial charge in [-0.2, -0.15) is 0 Å². The summed E-state index contributed by atoms with van der Waals surface area (Å²) in [6, 6.07) is 6.76. The monoisotopic (exact) mass is 382 g/mol. The Bertz CT molecular complexity index is 920. The molecule has 4 rings (SSSR count). The van der Waals surface area contributed by atoms with Gasteiger partial charge in [-0.3, -0.25) is 14.6 Å². The zero-order chi connectivity index (χ0) is 20.1. The minimum atomic E-state index is -0.454. The molecule has 0 radical (unpaired) electrons. The lowest BCUT2D eigenvalue weighted by atomic mass is 9.89. The van der Waals surface area contributed by atoms with E-state index in [1.165, 1.54) is 6.07 Å². The first-order chi connectivity index (χ1) is 13.2. The second-order valence-corrected chi connectivity index (χ2v) is 9.49. The largest absolute Gasteiger partial charge is 0.345 e. The lowest BCUT2D eigenvalue weighted by Crippen LogP contribution is -2.45. The van der Waals surface area contributed by atoms with Crippen molar-refractivity contribution in [3.63, 3.8) is 0 Å². The van der Waals surface area contributed by atoms with Crippen LogP contribution in [-0.2, 0) is 9.59 Å². The molecule has 148 valence electrons. The van der Waals surface area contributed by atoms with Gasteiger partial charge in [-0.25, -0.2) is 4.39 Å². The fraction of sp³-hybridized carbons (Fsp3) is 0.522. The molecule has 0 bridgehead atoms. The van der Waals surface area contributed by atoms with E-state index in [1.807, 2.05) is 26.8 Å². The Balaban J connectivity index is 1.46. The zero-order valence-electron chi connectivity index (χ0n) is 16.7. The van der Waals surface area contributed by atoms with Gasteiger partial charge in [-0.05, 0) is 94.0 Å². The van der Waals surface area contributed by atoms with Gasteiger partial charge in [0.05, 0.1) is 5.52 Å².